The van der Waals surface area contributed by atoms with Crippen molar-refractivity contribution in [1.29, 1.82) is 0 Å². The van der Waals surface area contributed by atoms with Crippen molar-refractivity contribution >= 4 is 16.0 Å². The minimum Gasteiger partial charge on any atom is -0.481 e. The van der Waals surface area contributed by atoms with Gasteiger partial charge in [-0.15, -0.1) is 0 Å². The van der Waals surface area contributed by atoms with E-state index in [1.165, 1.54) is 0 Å². The van der Waals surface area contributed by atoms with Crippen LogP contribution in [0.3, 0.4) is 0 Å². The number of carbonyl (C=O) groups is 1. The molecule has 0 aliphatic heterocycles. The number of carboxylic acids is 1. The highest BCUT2D eigenvalue weighted by molar-refractivity contribution is 7.89. The average molecular weight is 293 g/mol. The molecule has 0 radical (unpaired) electrons. The van der Waals surface area contributed by atoms with Crippen LogP contribution in [0.25, 0.3) is 0 Å². The molecule has 0 aromatic heterocycles. The van der Waals surface area contributed by atoms with Gasteiger partial charge in [0.1, 0.15) is 16.5 Å². The Morgan fingerprint density at radius 3 is 2.53 bits per heavy atom. The topological polar surface area (TPSA) is 83.5 Å². The van der Waals surface area contributed by atoms with E-state index in [1.807, 2.05) is 0 Å². The maximum Gasteiger partial charge on any atom is 0.304 e. The third kappa shape index (κ3) is 4.25. The van der Waals surface area contributed by atoms with Gasteiger partial charge < -0.3 is 5.11 Å². The molecule has 0 amide bonds. The highest BCUT2D eigenvalue weighted by Crippen LogP contribution is 2.16. The molecule has 0 fully saturated rings. The number of benzene rings is 1. The number of aliphatic carboxylic acids is 1. The number of halogens is 2. The van der Waals surface area contributed by atoms with Crippen LogP contribution in [0.15, 0.2) is 23.1 Å². The Labute approximate surface area is 109 Å². The smallest absolute Gasteiger partial charge is 0.304 e. The number of hydrogen-bond donors (Lipinski definition) is 2. The normalized spacial score (nSPS) is 13.2. The van der Waals surface area contributed by atoms with Gasteiger partial charge in [0.25, 0.3) is 0 Å². The molecule has 2 N–H and O–H groups in total. The van der Waals surface area contributed by atoms with Gasteiger partial charge in [0, 0.05) is 12.1 Å². The minimum absolute atomic E-state index is 0.230. The van der Waals surface area contributed by atoms with E-state index in [1.54, 1.807) is 6.92 Å². The molecule has 1 unspecified atom stereocenters. The predicted molar refractivity (Wildman–Crippen MR) is 63.0 cm³/mol. The predicted octanol–water partition coefficient (Wildman–Crippen LogP) is 1.50. The Kier molecular flexibility index (Phi) is 4.96. The van der Waals surface area contributed by atoms with Gasteiger partial charge in [-0.05, 0) is 18.6 Å². The van der Waals surface area contributed by atoms with Gasteiger partial charge in [0.2, 0.25) is 10.0 Å². The number of hydrogen-bond acceptors (Lipinski definition) is 3. The van der Waals surface area contributed by atoms with E-state index in [2.05, 4.69) is 4.72 Å². The Hall–Kier alpha value is -1.54. The second kappa shape index (κ2) is 6.07. The fourth-order valence-corrected chi connectivity index (χ4v) is 2.83. The van der Waals surface area contributed by atoms with E-state index in [0.29, 0.717) is 6.07 Å². The summed E-state index contributed by atoms with van der Waals surface area (Å²) in [6.07, 6.45) is -0.188. The number of carboxylic acid groups (broad SMARTS) is 1. The summed E-state index contributed by atoms with van der Waals surface area (Å²) in [5.41, 5.74) is 0. The molecule has 0 saturated heterocycles. The van der Waals surface area contributed by atoms with E-state index in [-0.39, 0.29) is 6.42 Å². The number of nitrogens with one attached hydrogen (secondary N) is 1. The van der Waals surface area contributed by atoms with E-state index < -0.39 is 45.0 Å². The first-order valence-electron chi connectivity index (χ1n) is 5.45. The summed E-state index contributed by atoms with van der Waals surface area (Å²) >= 11 is 0. The lowest BCUT2D eigenvalue weighted by Gasteiger charge is -2.15. The van der Waals surface area contributed by atoms with Crippen molar-refractivity contribution in [2.75, 3.05) is 0 Å². The van der Waals surface area contributed by atoms with Crippen molar-refractivity contribution in [3.05, 3.63) is 29.8 Å². The van der Waals surface area contributed by atoms with Crippen LogP contribution in [0.1, 0.15) is 19.8 Å². The highest BCUT2D eigenvalue weighted by atomic mass is 32.2. The molecule has 1 aromatic rings. The van der Waals surface area contributed by atoms with E-state index in [0.717, 1.165) is 12.1 Å². The van der Waals surface area contributed by atoms with Crippen molar-refractivity contribution < 1.29 is 27.1 Å². The van der Waals surface area contributed by atoms with Crippen molar-refractivity contribution in [3.8, 4) is 0 Å². The highest BCUT2D eigenvalue weighted by Gasteiger charge is 2.24. The summed E-state index contributed by atoms with van der Waals surface area (Å²) in [6.45, 7) is 1.59. The first-order valence-corrected chi connectivity index (χ1v) is 6.93. The van der Waals surface area contributed by atoms with Crippen LogP contribution >= 0.6 is 0 Å². The van der Waals surface area contributed by atoms with Crippen molar-refractivity contribution in [2.24, 2.45) is 0 Å². The average Bonchev–Trinajstić information content (AvgIpc) is 2.26. The van der Waals surface area contributed by atoms with Gasteiger partial charge in [-0.3, -0.25) is 4.79 Å². The van der Waals surface area contributed by atoms with Crippen molar-refractivity contribution in [3.63, 3.8) is 0 Å². The van der Waals surface area contributed by atoms with Crippen LogP contribution in [0.5, 0.6) is 0 Å². The third-order valence-corrected chi connectivity index (χ3v) is 3.97. The molecular weight excluding hydrogens is 280 g/mol. The van der Waals surface area contributed by atoms with Crippen LogP contribution in [-0.2, 0) is 14.8 Å². The van der Waals surface area contributed by atoms with E-state index in [9.17, 15) is 22.0 Å². The summed E-state index contributed by atoms with van der Waals surface area (Å²) in [6, 6.07) is 1.20. The van der Waals surface area contributed by atoms with Crippen LogP contribution in [0.2, 0.25) is 0 Å². The fourth-order valence-electron chi connectivity index (χ4n) is 1.46. The molecule has 0 aliphatic carbocycles. The molecule has 1 atom stereocenters. The lowest BCUT2D eigenvalue weighted by molar-refractivity contribution is -0.137. The molecule has 0 heterocycles. The first-order chi connectivity index (χ1) is 8.76. The Balaban J connectivity index is 3.00. The molecule has 0 bridgehead atoms. The SMILES string of the molecule is CCC(CC(=O)O)NS(=O)(=O)c1ccc(F)cc1F. The molecular formula is C11H13F2NO4S. The molecule has 0 aliphatic rings. The summed E-state index contributed by atoms with van der Waals surface area (Å²) < 4.78 is 51.9. The maximum absolute atomic E-state index is 13.4. The van der Waals surface area contributed by atoms with Crippen molar-refractivity contribution in [1.82, 2.24) is 4.72 Å². The van der Waals surface area contributed by atoms with Crippen molar-refractivity contribution in [2.45, 2.75) is 30.7 Å². The molecule has 1 aromatic carbocycles. The molecule has 106 valence electrons. The molecule has 19 heavy (non-hydrogen) atoms. The van der Waals surface area contributed by atoms with Gasteiger partial charge in [-0.25, -0.2) is 21.9 Å². The summed E-state index contributed by atoms with van der Waals surface area (Å²) in [5, 5.41) is 8.61. The summed E-state index contributed by atoms with van der Waals surface area (Å²) in [4.78, 5) is 9.83. The van der Waals surface area contributed by atoms with Crippen LogP contribution in [0.4, 0.5) is 8.78 Å². The van der Waals surface area contributed by atoms with Crippen LogP contribution in [-0.4, -0.2) is 25.5 Å². The third-order valence-electron chi connectivity index (χ3n) is 2.42. The van der Waals surface area contributed by atoms with Crippen LogP contribution < -0.4 is 4.72 Å². The number of rotatable bonds is 6. The van der Waals surface area contributed by atoms with Gasteiger partial charge in [0.05, 0.1) is 6.42 Å². The lowest BCUT2D eigenvalue weighted by Crippen LogP contribution is -2.36. The second-order valence-corrected chi connectivity index (χ2v) is 5.58. The standard InChI is InChI=1S/C11H13F2NO4S/c1-2-8(6-11(15)16)14-19(17,18)10-4-3-7(12)5-9(10)13/h3-5,8,14H,2,6H2,1H3,(H,15,16). The van der Waals surface area contributed by atoms with Gasteiger partial charge in [-0.2, -0.15) is 0 Å². The quantitative estimate of drug-likeness (QED) is 0.832. The molecule has 5 nitrogen and oxygen atoms in total. The van der Waals surface area contributed by atoms with Crippen LogP contribution in [0, 0.1) is 11.6 Å². The van der Waals surface area contributed by atoms with Gasteiger partial charge in [-0.1, -0.05) is 6.92 Å². The Bertz CT molecular complexity index is 574. The Morgan fingerprint density at radius 2 is 2.05 bits per heavy atom. The fraction of sp³-hybridized carbons (Fsp3) is 0.364. The number of sulfonamides is 1. The Morgan fingerprint density at radius 1 is 1.42 bits per heavy atom. The van der Waals surface area contributed by atoms with E-state index in [4.69, 9.17) is 5.11 Å². The second-order valence-electron chi connectivity index (χ2n) is 3.90. The zero-order chi connectivity index (χ0) is 14.6. The minimum atomic E-state index is -4.22. The lowest BCUT2D eigenvalue weighted by atomic mass is 10.2. The molecule has 0 saturated carbocycles. The largest absolute Gasteiger partial charge is 0.481 e. The molecule has 8 heteroatoms. The molecule has 0 spiro atoms. The van der Waals surface area contributed by atoms with E-state index >= 15 is 0 Å². The maximum atomic E-state index is 13.4. The van der Waals surface area contributed by atoms with Gasteiger partial charge >= 0.3 is 5.97 Å². The first kappa shape index (κ1) is 15.5. The van der Waals surface area contributed by atoms with Gasteiger partial charge in [0.15, 0.2) is 0 Å². The summed E-state index contributed by atoms with van der Waals surface area (Å²) in [7, 11) is -4.22. The molecule has 1 rings (SSSR count). The zero-order valence-corrected chi connectivity index (χ0v) is 10.9. The summed E-state index contributed by atoms with van der Waals surface area (Å²) in [5.74, 6) is -3.29. The monoisotopic (exact) mass is 293 g/mol. The zero-order valence-electron chi connectivity index (χ0n) is 10.1.